The first kappa shape index (κ1) is 23.1. The number of carbonyl (C=O) groups is 1. The molecule has 2 aromatic rings. The molecule has 184 valence electrons. The van der Waals surface area contributed by atoms with Crippen LogP contribution in [0.3, 0.4) is 0 Å². The van der Waals surface area contributed by atoms with Gasteiger partial charge >= 0.3 is 6.36 Å². The van der Waals surface area contributed by atoms with E-state index in [1.807, 2.05) is 0 Å². The first-order valence-electron chi connectivity index (χ1n) is 11.0. The average Bonchev–Trinajstić information content (AvgIpc) is 3.17. The molecule has 3 aliphatic rings. The third kappa shape index (κ3) is 4.27. The molecule has 1 aromatic heterocycles. The Kier molecular flexibility index (Phi) is 5.81. The molecular weight excluding hydrogens is 477 g/mol. The first-order valence-corrected chi connectivity index (χ1v) is 12.6. The van der Waals surface area contributed by atoms with E-state index in [9.17, 15) is 26.4 Å². The molecule has 5 rings (SSSR count). The molecule has 1 aromatic carbocycles. The van der Waals surface area contributed by atoms with E-state index in [1.165, 1.54) is 6.07 Å². The number of hydrogen-bond acceptors (Lipinski definition) is 7. The zero-order valence-corrected chi connectivity index (χ0v) is 18.9. The fraction of sp³-hybridized carbons (Fsp3) is 0.524. The van der Waals surface area contributed by atoms with Crippen molar-refractivity contribution in [1.82, 2.24) is 20.0 Å². The number of sulfone groups is 1. The van der Waals surface area contributed by atoms with Gasteiger partial charge in [-0.2, -0.15) is 5.10 Å². The zero-order chi connectivity index (χ0) is 24.1. The highest BCUT2D eigenvalue weighted by Gasteiger charge is 2.39. The number of halogens is 3. The van der Waals surface area contributed by atoms with Crippen LogP contribution < -0.4 is 10.1 Å². The number of morpholine rings is 1. The summed E-state index contributed by atoms with van der Waals surface area (Å²) in [4.78, 5) is 14.7. The number of nitrogens with one attached hydrogen (secondary N) is 1. The van der Waals surface area contributed by atoms with Gasteiger partial charge in [0.05, 0.1) is 35.6 Å². The number of piperidine rings is 1. The minimum Gasteiger partial charge on any atom is -0.406 e. The molecule has 0 saturated carbocycles. The molecule has 0 spiro atoms. The summed E-state index contributed by atoms with van der Waals surface area (Å²) >= 11 is 0. The number of ether oxygens (including phenoxy) is 2. The van der Waals surface area contributed by atoms with Crippen molar-refractivity contribution < 1.29 is 35.9 Å². The second kappa shape index (κ2) is 8.54. The first-order chi connectivity index (χ1) is 16.1. The van der Waals surface area contributed by atoms with Crippen molar-refractivity contribution >= 4 is 15.7 Å². The van der Waals surface area contributed by atoms with Crippen LogP contribution in [-0.2, 0) is 20.3 Å². The molecule has 2 saturated heterocycles. The lowest BCUT2D eigenvalue weighted by molar-refractivity contribution is -0.274. The fourth-order valence-electron chi connectivity index (χ4n) is 4.71. The maximum Gasteiger partial charge on any atom is 0.573 e. The van der Waals surface area contributed by atoms with Crippen molar-refractivity contribution in [3.63, 3.8) is 0 Å². The van der Waals surface area contributed by atoms with Crippen molar-refractivity contribution in [3.8, 4) is 17.0 Å². The Balaban J connectivity index is 1.66. The summed E-state index contributed by atoms with van der Waals surface area (Å²) in [6, 6.07) is 3.13. The second-order valence-electron chi connectivity index (χ2n) is 8.49. The predicted octanol–water partition coefficient (Wildman–Crippen LogP) is 2.13. The summed E-state index contributed by atoms with van der Waals surface area (Å²) in [6.07, 6.45) is -3.32. The smallest absolute Gasteiger partial charge is 0.406 e. The van der Waals surface area contributed by atoms with E-state index in [1.54, 1.807) is 9.58 Å². The van der Waals surface area contributed by atoms with Gasteiger partial charge in [0.25, 0.3) is 5.91 Å². The Bertz CT molecular complexity index is 1220. The molecule has 0 aliphatic carbocycles. The monoisotopic (exact) mass is 500 g/mol. The van der Waals surface area contributed by atoms with Gasteiger partial charge in [0.15, 0.2) is 15.5 Å². The Hall–Kier alpha value is -2.64. The van der Waals surface area contributed by atoms with Crippen molar-refractivity contribution in [3.05, 3.63) is 29.5 Å². The lowest BCUT2D eigenvalue weighted by atomic mass is 10.0. The number of carbonyl (C=O) groups excluding carboxylic acids is 1. The number of rotatable bonds is 3. The van der Waals surface area contributed by atoms with E-state index in [0.29, 0.717) is 38.5 Å². The molecule has 34 heavy (non-hydrogen) atoms. The quantitative estimate of drug-likeness (QED) is 0.689. The topological polar surface area (TPSA) is 103 Å². The third-order valence-electron chi connectivity index (χ3n) is 6.24. The van der Waals surface area contributed by atoms with Gasteiger partial charge in [0.2, 0.25) is 0 Å². The highest BCUT2D eigenvalue weighted by atomic mass is 32.2. The molecule has 1 amide bonds. The van der Waals surface area contributed by atoms with Crippen molar-refractivity contribution in [2.45, 2.75) is 35.9 Å². The van der Waals surface area contributed by atoms with E-state index in [0.717, 1.165) is 31.5 Å². The van der Waals surface area contributed by atoms with Gasteiger partial charge in [-0.3, -0.25) is 9.48 Å². The van der Waals surface area contributed by atoms with Crippen LogP contribution in [0.15, 0.2) is 23.1 Å². The Morgan fingerprint density at radius 1 is 1.24 bits per heavy atom. The standard InChI is InChI=1S/C21H23F3N4O5S/c22-21(23,24)33-14-3-4-15-17(10-14)34(30,31)12-16-18(20(29)27-6-8-32-9-7-27)26-28(19(15)16)13-2-1-5-25-11-13/h3-4,10,13,25H,1-2,5-9,11-12H2/t13-/m0/s1. The van der Waals surface area contributed by atoms with Crippen molar-refractivity contribution in [2.75, 3.05) is 39.4 Å². The summed E-state index contributed by atoms with van der Waals surface area (Å²) < 4.78 is 75.5. The van der Waals surface area contributed by atoms with Gasteiger partial charge in [-0.15, -0.1) is 13.2 Å². The normalized spacial score (nSPS) is 22.1. The van der Waals surface area contributed by atoms with E-state index in [4.69, 9.17) is 4.74 Å². The summed E-state index contributed by atoms with van der Waals surface area (Å²) in [7, 11) is -4.05. The third-order valence-corrected chi connectivity index (χ3v) is 7.91. The number of nitrogens with zero attached hydrogens (tertiary/aromatic N) is 3. The van der Waals surface area contributed by atoms with Crippen LogP contribution in [0.25, 0.3) is 11.3 Å². The van der Waals surface area contributed by atoms with E-state index < -0.39 is 27.7 Å². The minimum atomic E-state index is -4.95. The molecule has 0 bridgehead atoms. The van der Waals surface area contributed by atoms with Gasteiger partial charge in [-0.05, 0) is 37.6 Å². The largest absolute Gasteiger partial charge is 0.573 e. The van der Waals surface area contributed by atoms with Gasteiger partial charge in [-0.25, -0.2) is 8.42 Å². The Labute approximate surface area is 193 Å². The summed E-state index contributed by atoms with van der Waals surface area (Å²) in [5.74, 6) is -1.53. The van der Waals surface area contributed by atoms with Gasteiger partial charge in [-0.1, -0.05) is 0 Å². The van der Waals surface area contributed by atoms with Crippen LogP contribution in [0.1, 0.15) is 34.9 Å². The van der Waals surface area contributed by atoms with Gasteiger partial charge in [0, 0.05) is 30.8 Å². The predicted molar refractivity (Wildman–Crippen MR) is 113 cm³/mol. The number of hydrogen-bond donors (Lipinski definition) is 1. The molecule has 13 heteroatoms. The summed E-state index contributed by atoms with van der Waals surface area (Å²) in [5.41, 5.74) is 1.01. The fourth-order valence-corrected chi connectivity index (χ4v) is 6.31. The van der Waals surface area contributed by atoms with E-state index in [2.05, 4.69) is 15.2 Å². The van der Waals surface area contributed by atoms with Gasteiger partial charge in [0.1, 0.15) is 5.75 Å². The highest BCUT2D eigenvalue weighted by molar-refractivity contribution is 7.90. The number of aromatic nitrogens is 2. The SMILES string of the molecule is O=C(c1nn([C@H]2CCCNC2)c2c1CS(=O)(=O)c1cc(OC(F)(F)F)ccc1-2)N1CCOCC1. The molecule has 9 nitrogen and oxygen atoms in total. The lowest BCUT2D eigenvalue weighted by Gasteiger charge is -2.27. The Morgan fingerprint density at radius 3 is 2.68 bits per heavy atom. The maximum atomic E-state index is 13.3. The van der Waals surface area contributed by atoms with Crippen LogP contribution in [0, 0.1) is 0 Å². The molecular formula is C21H23F3N4O5S. The molecule has 3 aliphatic heterocycles. The zero-order valence-electron chi connectivity index (χ0n) is 18.1. The summed E-state index contributed by atoms with van der Waals surface area (Å²) in [6.45, 7) is 2.91. The molecule has 4 heterocycles. The number of benzene rings is 1. The highest BCUT2D eigenvalue weighted by Crippen LogP contribution is 2.43. The van der Waals surface area contributed by atoms with E-state index in [-0.39, 0.29) is 33.7 Å². The lowest BCUT2D eigenvalue weighted by Crippen LogP contribution is -2.41. The number of amides is 1. The van der Waals surface area contributed by atoms with E-state index >= 15 is 0 Å². The van der Waals surface area contributed by atoms with Crippen LogP contribution in [-0.4, -0.2) is 74.8 Å². The molecule has 1 atom stereocenters. The summed E-state index contributed by atoms with van der Waals surface area (Å²) in [5, 5.41) is 7.89. The number of fused-ring (bicyclic) bond motifs is 3. The minimum absolute atomic E-state index is 0.0623. The van der Waals surface area contributed by atoms with Crippen molar-refractivity contribution in [1.29, 1.82) is 0 Å². The molecule has 0 radical (unpaired) electrons. The van der Waals surface area contributed by atoms with Crippen LogP contribution in [0.5, 0.6) is 5.75 Å². The molecule has 1 N–H and O–H groups in total. The molecule has 0 unspecified atom stereocenters. The average molecular weight is 500 g/mol. The van der Waals surface area contributed by atoms with Crippen molar-refractivity contribution in [2.24, 2.45) is 0 Å². The number of alkyl halides is 3. The molecule has 2 fully saturated rings. The maximum absolute atomic E-state index is 13.3. The van der Waals surface area contributed by atoms with Crippen LogP contribution >= 0.6 is 0 Å². The van der Waals surface area contributed by atoms with Crippen LogP contribution in [0.2, 0.25) is 0 Å². The second-order valence-corrected chi connectivity index (χ2v) is 10.4. The van der Waals surface area contributed by atoms with Gasteiger partial charge < -0.3 is 19.7 Å². The Morgan fingerprint density at radius 2 is 2.00 bits per heavy atom. The van der Waals surface area contributed by atoms with Crippen LogP contribution in [0.4, 0.5) is 13.2 Å².